The van der Waals surface area contributed by atoms with Crippen LogP contribution in [0.25, 0.3) is 5.65 Å². The number of benzene rings is 1. The lowest BCUT2D eigenvalue weighted by Crippen LogP contribution is -2.40. The Labute approximate surface area is 146 Å². The highest BCUT2D eigenvalue weighted by Gasteiger charge is 2.09. The monoisotopic (exact) mass is 339 g/mol. The number of aryl methyl sites for hydroxylation is 1. The number of hydrogen-bond donors (Lipinski definition) is 2. The molecule has 0 bridgehead atoms. The van der Waals surface area contributed by atoms with Crippen molar-refractivity contribution >= 4 is 11.7 Å². The Bertz CT molecular complexity index is 861. The molecule has 3 rings (SSSR count). The number of fused-ring (bicyclic) bond motifs is 1. The molecule has 0 aliphatic carbocycles. The summed E-state index contributed by atoms with van der Waals surface area (Å²) >= 11 is 0. The number of ether oxygens (including phenoxy) is 1. The summed E-state index contributed by atoms with van der Waals surface area (Å²) in [4.78, 5) is 12.0. The molecule has 0 saturated carbocycles. The Morgan fingerprint density at radius 1 is 1.20 bits per heavy atom. The lowest BCUT2D eigenvalue weighted by atomic mass is 10.2. The van der Waals surface area contributed by atoms with Gasteiger partial charge in [0.2, 0.25) is 0 Å². The molecule has 7 heteroatoms. The van der Waals surface area contributed by atoms with Crippen molar-refractivity contribution in [3.63, 3.8) is 0 Å². The van der Waals surface area contributed by atoms with Crippen molar-refractivity contribution in [1.29, 1.82) is 0 Å². The minimum absolute atomic E-state index is 0.138. The Morgan fingerprint density at radius 3 is 2.92 bits per heavy atom. The molecule has 0 aliphatic rings. The van der Waals surface area contributed by atoms with Crippen LogP contribution in [0.2, 0.25) is 0 Å². The van der Waals surface area contributed by atoms with Gasteiger partial charge >= 0.3 is 6.03 Å². The predicted octanol–water partition coefficient (Wildman–Crippen LogP) is 2.30. The maximum absolute atomic E-state index is 12.0. The Hall–Kier alpha value is -3.09. The van der Waals surface area contributed by atoms with E-state index in [1.165, 1.54) is 0 Å². The summed E-state index contributed by atoms with van der Waals surface area (Å²) in [6.07, 6.45) is 1.73. The molecule has 2 N–H and O–H groups in total. The van der Waals surface area contributed by atoms with Gasteiger partial charge in [0.25, 0.3) is 0 Å². The first-order valence-electron chi connectivity index (χ1n) is 8.15. The number of aromatic nitrogens is 3. The molecular weight excluding hydrogens is 318 g/mol. The van der Waals surface area contributed by atoms with Gasteiger partial charge in [-0.2, -0.15) is 0 Å². The average Bonchev–Trinajstić information content (AvgIpc) is 3.01. The van der Waals surface area contributed by atoms with Crippen LogP contribution in [-0.2, 0) is 6.54 Å². The molecule has 0 aliphatic heterocycles. The molecule has 0 saturated heterocycles. The van der Waals surface area contributed by atoms with Crippen LogP contribution in [0.1, 0.15) is 18.3 Å². The van der Waals surface area contributed by atoms with Crippen LogP contribution >= 0.6 is 0 Å². The zero-order valence-electron chi connectivity index (χ0n) is 14.3. The van der Waals surface area contributed by atoms with E-state index in [4.69, 9.17) is 4.74 Å². The normalized spacial score (nSPS) is 11.9. The Morgan fingerprint density at radius 2 is 2.08 bits per heavy atom. The lowest BCUT2D eigenvalue weighted by Gasteiger charge is -2.16. The summed E-state index contributed by atoms with van der Waals surface area (Å²) in [7, 11) is 0. The van der Waals surface area contributed by atoms with Gasteiger partial charge in [0.05, 0.1) is 13.1 Å². The topological polar surface area (TPSA) is 80.5 Å². The summed E-state index contributed by atoms with van der Waals surface area (Å²) in [5.41, 5.74) is 1.89. The van der Waals surface area contributed by atoms with Gasteiger partial charge in [-0.3, -0.25) is 4.40 Å². The minimum atomic E-state index is -0.271. The second-order valence-corrected chi connectivity index (χ2v) is 5.85. The standard InChI is InChI=1S/C18H21N5O2/c1-13-6-5-7-15(10-13)25-14(2)11-19-18(24)20-12-17-22-21-16-8-3-4-9-23(16)17/h3-10,14H,11-12H2,1-2H3,(H2,19,20,24)/t14-/m1/s1. The number of amides is 2. The van der Waals surface area contributed by atoms with Crippen LogP contribution in [0, 0.1) is 6.92 Å². The summed E-state index contributed by atoms with van der Waals surface area (Å²) in [6, 6.07) is 13.2. The fourth-order valence-electron chi connectivity index (χ4n) is 2.43. The van der Waals surface area contributed by atoms with E-state index in [-0.39, 0.29) is 12.1 Å². The van der Waals surface area contributed by atoms with Gasteiger partial charge in [0.1, 0.15) is 11.9 Å². The molecule has 0 unspecified atom stereocenters. The smallest absolute Gasteiger partial charge is 0.315 e. The van der Waals surface area contributed by atoms with E-state index in [1.54, 1.807) is 0 Å². The zero-order chi connectivity index (χ0) is 17.6. The van der Waals surface area contributed by atoms with Crippen molar-refractivity contribution in [3.8, 4) is 5.75 Å². The molecule has 0 fully saturated rings. The number of nitrogens with one attached hydrogen (secondary N) is 2. The number of hydrogen-bond acceptors (Lipinski definition) is 4. The van der Waals surface area contributed by atoms with Crippen molar-refractivity contribution in [2.75, 3.05) is 6.54 Å². The van der Waals surface area contributed by atoms with Crippen molar-refractivity contribution in [2.24, 2.45) is 0 Å². The molecule has 1 aromatic carbocycles. The highest BCUT2D eigenvalue weighted by Crippen LogP contribution is 2.13. The van der Waals surface area contributed by atoms with Crippen LogP contribution in [-0.4, -0.2) is 33.3 Å². The number of rotatable bonds is 6. The fraction of sp³-hybridized carbons (Fsp3) is 0.278. The molecule has 0 spiro atoms. The second-order valence-electron chi connectivity index (χ2n) is 5.85. The molecule has 25 heavy (non-hydrogen) atoms. The Balaban J connectivity index is 1.45. The van der Waals surface area contributed by atoms with Gasteiger partial charge in [-0.05, 0) is 43.7 Å². The second kappa shape index (κ2) is 7.65. The minimum Gasteiger partial charge on any atom is -0.489 e. The van der Waals surface area contributed by atoms with E-state index < -0.39 is 0 Å². The summed E-state index contributed by atoms with van der Waals surface area (Å²) < 4.78 is 7.62. The van der Waals surface area contributed by atoms with Gasteiger partial charge < -0.3 is 15.4 Å². The highest BCUT2D eigenvalue weighted by atomic mass is 16.5. The van der Waals surface area contributed by atoms with Crippen molar-refractivity contribution in [1.82, 2.24) is 25.2 Å². The van der Waals surface area contributed by atoms with Crippen molar-refractivity contribution < 1.29 is 9.53 Å². The predicted molar refractivity (Wildman–Crippen MR) is 94.5 cm³/mol. The third-order valence-corrected chi connectivity index (χ3v) is 3.67. The molecule has 7 nitrogen and oxygen atoms in total. The van der Waals surface area contributed by atoms with Crippen LogP contribution in [0.3, 0.4) is 0 Å². The van der Waals surface area contributed by atoms with Gasteiger partial charge in [0, 0.05) is 6.20 Å². The summed E-state index contributed by atoms with van der Waals surface area (Å²) in [6.45, 7) is 4.62. The molecule has 2 amide bonds. The van der Waals surface area contributed by atoms with Crippen molar-refractivity contribution in [3.05, 3.63) is 60.0 Å². The highest BCUT2D eigenvalue weighted by molar-refractivity contribution is 5.73. The van der Waals surface area contributed by atoms with E-state index in [2.05, 4.69) is 20.8 Å². The van der Waals surface area contributed by atoms with Crippen LogP contribution in [0.5, 0.6) is 5.75 Å². The number of carbonyl (C=O) groups excluding carboxylic acids is 1. The van der Waals surface area contributed by atoms with Crippen molar-refractivity contribution in [2.45, 2.75) is 26.5 Å². The largest absolute Gasteiger partial charge is 0.489 e. The third-order valence-electron chi connectivity index (χ3n) is 3.67. The third kappa shape index (κ3) is 4.47. The van der Waals surface area contributed by atoms with E-state index in [0.29, 0.717) is 18.9 Å². The van der Waals surface area contributed by atoms with Gasteiger partial charge in [-0.15, -0.1) is 10.2 Å². The first-order chi connectivity index (χ1) is 12.1. The molecule has 1 atom stereocenters. The van der Waals surface area contributed by atoms with E-state index in [9.17, 15) is 4.79 Å². The van der Waals surface area contributed by atoms with E-state index >= 15 is 0 Å². The zero-order valence-corrected chi connectivity index (χ0v) is 14.3. The maximum Gasteiger partial charge on any atom is 0.315 e. The first-order valence-corrected chi connectivity index (χ1v) is 8.15. The molecule has 2 heterocycles. The van der Waals surface area contributed by atoms with E-state index in [1.807, 2.05) is 66.9 Å². The van der Waals surface area contributed by atoms with Gasteiger partial charge in [-0.25, -0.2) is 4.79 Å². The molecule has 0 radical (unpaired) electrons. The number of pyridine rings is 1. The van der Waals surface area contributed by atoms with Crippen LogP contribution in [0.4, 0.5) is 4.79 Å². The maximum atomic E-state index is 12.0. The number of carbonyl (C=O) groups is 1. The first kappa shape index (κ1) is 16.8. The average molecular weight is 339 g/mol. The molecule has 130 valence electrons. The summed E-state index contributed by atoms with van der Waals surface area (Å²) in [5.74, 6) is 1.47. The van der Waals surface area contributed by atoms with E-state index in [0.717, 1.165) is 17.0 Å². The van der Waals surface area contributed by atoms with Crippen LogP contribution in [0.15, 0.2) is 48.7 Å². The molecule has 3 aromatic rings. The number of urea groups is 1. The van der Waals surface area contributed by atoms with Gasteiger partial charge in [0.15, 0.2) is 11.5 Å². The van der Waals surface area contributed by atoms with Crippen LogP contribution < -0.4 is 15.4 Å². The SMILES string of the molecule is Cc1cccc(O[C@H](C)CNC(=O)NCc2nnc3ccccn23)c1. The fourth-order valence-corrected chi connectivity index (χ4v) is 2.43. The molecular formula is C18H21N5O2. The lowest BCUT2D eigenvalue weighted by molar-refractivity contribution is 0.207. The number of nitrogens with zero attached hydrogens (tertiary/aromatic N) is 3. The quantitative estimate of drug-likeness (QED) is 0.722. The summed E-state index contributed by atoms with van der Waals surface area (Å²) in [5, 5.41) is 13.7. The van der Waals surface area contributed by atoms with Gasteiger partial charge in [-0.1, -0.05) is 18.2 Å². The molecule has 2 aromatic heterocycles. The Kier molecular flexibility index (Phi) is 5.13.